The third kappa shape index (κ3) is 2.81. The molecule has 1 N–H and O–H groups in total. The van der Waals surface area contributed by atoms with E-state index in [1.165, 1.54) is 5.01 Å². The van der Waals surface area contributed by atoms with Crippen LogP contribution in [0.1, 0.15) is 11.1 Å². The fourth-order valence-corrected chi connectivity index (χ4v) is 2.47. The maximum absolute atomic E-state index is 12.5. The van der Waals surface area contributed by atoms with Crippen molar-refractivity contribution in [2.75, 3.05) is 12.1 Å². The van der Waals surface area contributed by atoms with E-state index in [0.29, 0.717) is 5.69 Å². The summed E-state index contributed by atoms with van der Waals surface area (Å²) in [4.78, 5) is 24.6. The summed E-state index contributed by atoms with van der Waals surface area (Å²) >= 11 is 0. The van der Waals surface area contributed by atoms with Gasteiger partial charge in [-0.15, -0.1) is 0 Å². The first kappa shape index (κ1) is 14.8. The van der Waals surface area contributed by atoms with Crippen molar-refractivity contribution in [3.63, 3.8) is 0 Å². The summed E-state index contributed by atoms with van der Waals surface area (Å²) in [5, 5.41) is 1.25. The van der Waals surface area contributed by atoms with Crippen molar-refractivity contribution in [1.29, 1.82) is 0 Å². The summed E-state index contributed by atoms with van der Waals surface area (Å²) in [6, 6.07) is 14.5. The molecule has 0 spiro atoms. The predicted octanol–water partition coefficient (Wildman–Crippen LogP) is 2.47. The monoisotopic (exact) mass is 308 g/mol. The molecule has 3 rings (SSSR count). The molecule has 0 radical (unpaired) electrons. The van der Waals surface area contributed by atoms with Crippen LogP contribution in [0.15, 0.2) is 54.1 Å². The largest absolute Gasteiger partial charge is 0.496 e. The second-order valence-corrected chi connectivity index (χ2v) is 5.20. The zero-order chi connectivity index (χ0) is 16.4. The summed E-state index contributed by atoms with van der Waals surface area (Å²) in [5.74, 6) is -0.0118. The lowest BCUT2D eigenvalue weighted by molar-refractivity contribution is -0.117. The van der Waals surface area contributed by atoms with E-state index in [2.05, 4.69) is 5.43 Å². The van der Waals surface area contributed by atoms with Crippen LogP contribution in [0.2, 0.25) is 0 Å². The Morgan fingerprint density at radius 1 is 1.09 bits per heavy atom. The molecular formula is C18H16N2O3. The topological polar surface area (TPSA) is 58.6 Å². The van der Waals surface area contributed by atoms with Gasteiger partial charge >= 0.3 is 0 Å². The standard InChI is InChI=1S/C18H16N2O3/c1-12-10-13(8-9-16(12)23-2)11-15-17(21)19-20(18(15)22)14-6-4-3-5-7-14/h3-11H,1-2H3,(H,19,21)/b15-11+. The van der Waals surface area contributed by atoms with Gasteiger partial charge in [0.15, 0.2) is 0 Å². The molecule has 1 heterocycles. The molecule has 116 valence electrons. The molecule has 1 fully saturated rings. The number of amides is 2. The van der Waals surface area contributed by atoms with Crippen molar-refractivity contribution in [2.24, 2.45) is 0 Å². The lowest BCUT2D eigenvalue weighted by Gasteiger charge is -2.13. The Hall–Kier alpha value is -3.08. The van der Waals surface area contributed by atoms with Gasteiger partial charge in [0.2, 0.25) is 0 Å². The molecule has 0 unspecified atom stereocenters. The summed E-state index contributed by atoms with van der Waals surface area (Å²) < 4.78 is 5.21. The highest BCUT2D eigenvalue weighted by atomic mass is 16.5. The number of aryl methyl sites for hydroxylation is 1. The normalized spacial score (nSPS) is 15.9. The van der Waals surface area contributed by atoms with E-state index < -0.39 is 5.91 Å². The molecule has 5 heteroatoms. The van der Waals surface area contributed by atoms with Crippen LogP contribution in [0.4, 0.5) is 5.69 Å². The Balaban J connectivity index is 1.92. The fraction of sp³-hybridized carbons (Fsp3) is 0.111. The molecule has 0 bridgehead atoms. The van der Waals surface area contributed by atoms with Crippen molar-refractivity contribution in [3.05, 3.63) is 65.2 Å². The molecule has 5 nitrogen and oxygen atoms in total. The minimum absolute atomic E-state index is 0.110. The summed E-state index contributed by atoms with van der Waals surface area (Å²) in [6.07, 6.45) is 1.59. The number of anilines is 1. The maximum atomic E-state index is 12.5. The number of hydrogen-bond acceptors (Lipinski definition) is 3. The van der Waals surface area contributed by atoms with Crippen LogP contribution >= 0.6 is 0 Å². The SMILES string of the molecule is COc1ccc(/C=C2\C(=O)NN(c3ccccc3)C2=O)cc1C. The van der Waals surface area contributed by atoms with E-state index in [1.807, 2.05) is 43.3 Å². The Labute approximate surface area is 134 Å². The predicted molar refractivity (Wildman–Crippen MR) is 87.8 cm³/mol. The van der Waals surface area contributed by atoms with Crippen molar-refractivity contribution in [2.45, 2.75) is 6.92 Å². The van der Waals surface area contributed by atoms with Crippen LogP contribution in [0.3, 0.4) is 0 Å². The fourth-order valence-electron chi connectivity index (χ4n) is 2.47. The van der Waals surface area contributed by atoms with Gasteiger partial charge in [0, 0.05) is 0 Å². The average molecular weight is 308 g/mol. The molecule has 1 saturated heterocycles. The van der Waals surface area contributed by atoms with Gasteiger partial charge in [-0.2, -0.15) is 0 Å². The number of ether oxygens (including phenoxy) is 1. The van der Waals surface area contributed by atoms with Crippen molar-refractivity contribution in [3.8, 4) is 5.75 Å². The number of nitrogens with one attached hydrogen (secondary N) is 1. The minimum Gasteiger partial charge on any atom is -0.496 e. The number of methoxy groups -OCH3 is 1. The number of nitrogens with zero attached hydrogens (tertiary/aromatic N) is 1. The molecular weight excluding hydrogens is 292 g/mol. The van der Waals surface area contributed by atoms with Crippen molar-refractivity contribution in [1.82, 2.24) is 5.43 Å². The quantitative estimate of drug-likeness (QED) is 0.700. The van der Waals surface area contributed by atoms with E-state index >= 15 is 0 Å². The maximum Gasteiger partial charge on any atom is 0.282 e. The summed E-state index contributed by atoms with van der Waals surface area (Å²) in [6.45, 7) is 1.91. The second-order valence-electron chi connectivity index (χ2n) is 5.20. The van der Waals surface area contributed by atoms with Gasteiger partial charge in [-0.3, -0.25) is 15.0 Å². The van der Waals surface area contributed by atoms with E-state index in [-0.39, 0.29) is 11.5 Å². The van der Waals surface area contributed by atoms with E-state index in [9.17, 15) is 9.59 Å². The molecule has 2 amide bonds. The smallest absolute Gasteiger partial charge is 0.282 e. The third-order valence-electron chi connectivity index (χ3n) is 3.64. The van der Waals surface area contributed by atoms with Crippen LogP contribution in [0.25, 0.3) is 6.08 Å². The highest BCUT2D eigenvalue weighted by Gasteiger charge is 2.34. The number of hydrazine groups is 1. The van der Waals surface area contributed by atoms with Gasteiger partial charge in [-0.25, -0.2) is 5.01 Å². The highest BCUT2D eigenvalue weighted by molar-refractivity contribution is 6.31. The molecule has 2 aromatic rings. The Morgan fingerprint density at radius 3 is 2.48 bits per heavy atom. The van der Waals surface area contributed by atoms with E-state index in [4.69, 9.17) is 4.74 Å². The van der Waals surface area contributed by atoms with Crippen LogP contribution < -0.4 is 15.2 Å². The number of benzene rings is 2. The molecule has 0 aromatic heterocycles. The zero-order valence-corrected chi connectivity index (χ0v) is 12.9. The van der Waals surface area contributed by atoms with Gasteiger partial charge < -0.3 is 4.74 Å². The van der Waals surface area contributed by atoms with Crippen molar-refractivity contribution >= 4 is 23.6 Å². The summed E-state index contributed by atoms with van der Waals surface area (Å²) in [5.41, 5.74) is 5.03. The van der Waals surface area contributed by atoms with Crippen LogP contribution in [-0.4, -0.2) is 18.9 Å². The Bertz CT molecular complexity index is 797. The van der Waals surface area contributed by atoms with E-state index in [1.54, 1.807) is 25.3 Å². The van der Waals surface area contributed by atoms with Crippen molar-refractivity contribution < 1.29 is 14.3 Å². The van der Waals surface area contributed by atoms with Gasteiger partial charge in [-0.1, -0.05) is 24.3 Å². The molecule has 1 aliphatic rings. The average Bonchev–Trinajstić information content (AvgIpc) is 2.84. The zero-order valence-electron chi connectivity index (χ0n) is 12.9. The molecule has 23 heavy (non-hydrogen) atoms. The Kier molecular flexibility index (Phi) is 3.85. The van der Waals surface area contributed by atoms with Gasteiger partial charge in [0.1, 0.15) is 11.3 Å². The second kappa shape index (κ2) is 5.96. The highest BCUT2D eigenvalue weighted by Crippen LogP contribution is 2.23. The first-order valence-electron chi connectivity index (χ1n) is 7.17. The first-order valence-corrected chi connectivity index (χ1v) is 7.17. The molecule has 0 saturated carbocycles. The van der Waals surface area contributed by atoms with Crippen LogP contribution in [-0.2, 0) is 9.59 Å². The molecule has 0 atom stereocenters. The first-order chi connectivity index (χ1) is 11.1. The van der Waals surface area contributed by atoms with Gasteiger partial charge in [0.25, 0.3) is 11.8 Å². The summed E-state index contributed by atoms with van der Waals surface area (Å²) in [7, 11) is 1.60. The van der Waals surface area contributed by atoms with Crippen LogP contribution in [0, 0.1) is 6.92 Å². The number of hydrogen-bond donors (Lipinski definition) is 1. The number of rotatable bonds is 3. The molecule has 1 aliphatic heterocycles. The van der Waals surface area contributed by atoms with E-state index in [0.717, 1.165) is 16.9 Å². The number of carbonyl (C=O) groups is 2. The van der Waals surface area contributed by atoms with Crippen LogP contribution in [0.5, 0.6) is 5.75 Å². The molecule has 0 aliphatic carbocycles. The minimum atomic E-state index is -0.410. The third-order valence-corrected chi connectivity index (χ3v) is 3.64. The number of para-hydroxylation sites is 1. The lowest BCUT2D eigenvalue weighted by atomic mass is 10.1. The number of carbonyl (C=O) groups excluding carboxylic acids is 2. The molecule has 2 aromatic carbocycles. The van der Waals surface area contributed by atoms with Gasteiger partial charge in [-0.05, 0) is 48.4 Å². The Morgan fingerprint density at radius 2 is 1.83 bits per heavy atom. The van der Waals surface area contributed by atoms with Gasteiger partial charge in [0.05, 0.1) is 12.8 Å². The lowest BCUT2D eigenvalue weighted by Crippen LogP contribution is -2.35.